The van der Waals surface area contributed by atoms with Crippen LogP contribution in [0.5, 0.6) is 0 Å². The Morgan fingerprint density at radius 2 is 1.84 bits per heavy atom. The molecule has 0 bridgehead atoms. The van der Waals surface area contributed by atoms with Crippen LogP contribution in [0.2, 0.25) is 0 Å². The van der Waals surface area contributed by atoms with Gasteiger partial charge in [0.15, 0.2) is 0 Å². The number of ether oxygens (including phenoxy) is 1. The number of piperazine rings is 1. The highest BCUT2D eigenvalue weighted by Crippen LogP contribution is 2.31. The van der Waals surface area contributed by atoms with Gasteiger partial charge in [0.1, 0.15) is 5.60 Å². The van der Waals surface area contributed by atoms with Crippen LogP contribution < -0.4 is 5.32 Å². The third kappa shape index (κ3) is 8.87. The van der Waals surface area contributed by atoms with Crippen LogP contribution in [-0.2, 0) is 22.3 Å². The third-order valence-corrected chi connectivity index (χ3v) is 4.39. The molecule has 4 nitrogen and oxygen atoms in total. The highest BCUT2D eigenvalue weighted by Gasteiger charge is 2.30. The second-order valence-corrected chi connectivity index (χ2v) is 7.82. The SMILES string of the molecule is CC(C)(C)OC=O.FC(F)(F)c1ccc(CN2CCNCC2)c(I)c1. The van der Waals surface area contributed by atoms with Crippen molar-refractivity contribution in [3.8, 4) is 0 Å². The summed E-state index contributed by atoms with van der Waals surface area (Å²) in [6.07, 6.45) is -4.26. The summed E-state index contributed by atoms with van der Waals surface area (Å²) in [5.41, 5.74) is 0.0725. The molecule has 1 saturated heterocycles. The Hall–Kier alpha value is -0.870. The van der Waals surface area contributed by atoms with Gasteiger partial charge in [-0.3, -0.25) is 9.69 Å². The van der Waals surface area contributed by atoms with Gasteiger partial charge in [0.2, 0.25) is 0 Å². The van der Waals surface area contributed by atoms with Crippen LogP contribution in [0.25, 0.3) is 0 Å². The molecule has 0 aromatic heterocycles. The molecule has 0 unspecified atom stereocenters. The predicted octanol–water partition coefficient (Wildman–Crippen LogP) is 3.67. The Balaban J connectivity index is 0.000000381. The lowest BCUT2D eigenvalue weighted by atomic mass is 10.1. The van der Waals surface area contributed by atoms with Crippen LogP contribution in [0.4, 0.5) is 13.2 Å². The van der Waals surface area contributed by atoms with E-state index in [2.05, 4.69) is 15.0 Å². The fourth-order valence-corrected chi connectivity index (χ4v) is 2.79. The number of nitrogens with zero attached hydrogens (tertiary/aromatic N) is 1. The molecule has 1 heterocycles. The molecule has 0 spiro atoms. The van der Waals surface area contributed by atoms with Crippen molar-refractivity contribution >= 4 is 29.1 Å². The summed E-state index contributed by atoms with van der Waals surface area (Å²) in [6.45, 7) is 10.4. The van der Waals surface area contributed by atoms with Crippen LogP contribution in [0.1, 0.15) is 31.9 Å². The zero-order valence-corrected chi connectivity index (χ0v) is 16.8. The summed E-state index contributed by atoms with van der Waals surface area (Å²) in [6, 6.07) is 3.98. The number of hydrogen-bond donors (Lipinski definition) is 1. The molecular weight excluding hydrogens is 448 g/mol. The minimum absolute atomic E-state index is 0.318. The molecule has 2 rings (SSSR count). The smallest absolute Gasteiger partial charge is 0.416 e. The summed E-state index contributed by atoms with van der Waals surface area (Å²) in [7, 11) is 0. The number of benzene rings is 1. The first-order valence-electron chi connectivity index (χ1n) is 7.93. The highest BCUT2D eigenvalue weighted by atomic mass is 127. The molecule has 1 aliphatic rings. The van der Waals surface area contributed by atoms with Gasteiger partial charge < -0.3 is 10.1 Å². The molecule has 1 aliphatic heterocycles. The lowest BCUT2D eigenvalue weighted by Gasteiger charge is -2.27. The van der Waals surface area contributed by atoms with Crippen LogP contribution in [0, 0.1) is 3.57 Å². The standard InChI is InChI=1S/C12H14F3IN2.C5H10O2/c13-12(14,15)10-2-1-9(11(16)7-10)8-18-5-3-17-4-6-18;1-5(2,3)7-4-6/h1-2,7,17H,3-6,8H2;4H,1-3H3. The molecule has 142 valence electrons. The van der Waals surface area contributed by atoms with E-state index in [-0.39, 0.29) is 5.60 Å². The Bertz CT molecular complexity index is 554. The Morgan fingerprint density at radius 3 is 2.24 bits per heavy atom. The molecule has 0 saturated carbocycles. The van der Waals surface area contributed by atoms with Crippen molar-refractivity contribution in [2.45, 2.75) is 39.1 Å². The lowest BCUT2D eigenvalue weighted by molar-refractivity contribution is -0.139. The van der Waals surface area contributed by atoms with Crippen molar-refractivity contribution in [2.24, 2.45) is 0 Å². The van der Waals surface area contributed by atoms with E-state index in [9.17, 15) is 18.0 Å². The summed E-state index contributed by atoms with van der Waals surface area (Å²) >= 11 is 1.98. The molecular formula is C17H24F3IN2O2. The fourth-order valence-electron chi connectivity index (χ4n) is 2.11. The summed E-state index contributed by atoms with van der Waals surface area (Å²) in [4.78, 5) is 11.8. The van der Waals surface area contributed by atoms with Gasteiger partial charge in [-0.15, -0.1) is 0 Å². The fraction of sp³-hybridized carbons (Fsp3) is 0.588. The number of nitrogens with one attached hydrogen (secondary N) is 1. The van der Waals surface area contributed by atoms with Crippen molar-refractivity contribution in [3.63, 3.8) is 0 Å². The molecule has 1 aromatic carbocycles. The molecule has 0 aliphatic carbocycles. The van der Waals surface area contributed by atoms with Crippen LogP contribution in [0.3, 0.4) is 0 Å². The molecule has 0 atom stereocenters. The Kier molecular flexibility index (Phi) is 8.62. The van der Waals surface area contributed by atoms with E-state index in [4.69, 9.17) is 0 Å². The van der Waals surface area contributed by atoms with E-state index in [0.29, 0.717) is 10.0 Å². The number of halogens is 4. The second-order valence-electron chi connectivity index (χ2n) is 6.66. The first-order valence-corrected chi connectivity index (χ1v) is 9.01. The number of carbonyl (C=O) groups is 1. The van der Waals surface area contributed by atoms with E-state index >= 15 is 0 Å². The van der Waals surface area contributed by atoms with Gasteiger partial charge in [-0.05, 0) is 61.1 Å². The van der Waals surface area contributed by atoms with Crippen LogP contribution >= 0.6 is 22.6 Å². The largest absolute Gasteiger partial charge is 0.462 e. The topological polar surface area (TPSA) is 41.6 Å². The molecule has 1 aromatic rings. The van der Waals surface area contributed by atoms with Crippen molar-refractivity contribution in [3.05, 3.63) is 32.9 Å². The zero-order valence-electron chi connectivity index (χ0n) is 14.6. The van der Waals surface area contributed by atoms with Crippen molar-refractivity contribution in [1.82, 2.24) is 10.2 Å². The first kappa shape index (κ1) is 22.2. The summed E-state index contributed by atoms with van der Waals surface area (Å²) in [5, 5.41) is 3.25. The van der Waals surface area contributed by atoms with Crippen molar-refractivity contribution in [2.75, 3.05) is 26.2 Å². The van der Waals surface area contributed by atoms with E-state index in [0.717, 1.165) is 38.3 Å². The lowest BCUT2D eigenvalue weighted by Crippen LogP contribution is -2.43. The Morgan fingerprint density at radius 1 is 1.24 bits per heavy atom. The van der Waals surface area contributed by atoms with Crippen LogP contribution in [-0.4, -0.2) is 43.2 Å². The predicted molar refractivity (Wildman–Crippen MR) is 99.2 cm³/mol. The van der Waals surface area contributed by atoms with Gasteiger partial charge in [-0.25, -0.2) is 0 Å². The van der Waals surface area contributed by atoms with Crippen molar-refractivity contribution < 1.29 is 22.7 Å². The monoisotopic (exact) mass is 472 g/mol. The van der Waals surface area contributed by atoms with E-state index in [1.165, 1.54) is 12.1 Å². The Labute approximate surface area is 160 Å². The van der Waals surface area contributed by atoms with Gasteiger partial charge in [0.05, 0.1) is 5.56 Å². The quantitative estimate of drug-likeness (QED) is 0.539. The number of alkyl halides is 3. The maximum Gasteiger partial charge on any atom is 0.416 e. The minimum Gasteiger partial charge on any atom is -0.462 e. The normalized spacial score (nSPS) is 16.0. The number of rotatable bonds is 3. The molecule has 0 amide bonds. The van der Waals surface area contributed by atoms with Gasteiger partial charge in [-0.2, -0.15) is 13.2 Å². The molecule has 25 heavy (non-hydrogen) atoms. The number of hydrogen-bond acceptors (Lipinski definition) is 4. The van der Waals surface area contributed by atoms with E-state index in [1.807, 2.05) is 43.4 Å². The van der Waals surface area contributed by atoms with Crippen LogP contribution in [0.15, 0.2) is 18.2 Å². The van der Waals surface area contributed by atoms with E-state index in [1.54, 1.807) is 6.07 Å². The van der Waals surface area contributed by atoms with Gasteiger partial charge in [-0.1, -0.05) is 6.07 Å². The molecule has 1 fully saturated rings. The second kappa shape index (κ2) is 9.72. The average molecular weight is 472 g/mol. The van der Waals surface area contributed by atoms with Gasteiger partial charge >= 0.3 is 6.18 Å². The molecule has 0 radical (unpaired) electrons. The molecule has 1 N–H and O–H groups in total. The maximum atomic E-state index is 12.5. The third-order valence-electron chi connectivity index (χ3n) is 3.39. The maximum absolute atomic E-state index is 12.5. The highest BCUT2D eigenvalue weighted by molar-refractivity contribution is 14.1. The zero-order chi connectivity index (χ0) is 19.1. The average Bonchev–Trinajstić information content (AvgIpc) is 2.49. The summed E-state index contributed by atoms with van der Waals surface area (Å²) in [5.74, 6) is 0. The minimum atomic E-state index is -4.26. The first-order chi connectivity index (χ1) is 11.5. The van der Waals surface area contributed by atoms with Gasteiger partial charge in [0, 0.05) is 36.3 Å². The molecule has 8 heteroatoms. The summed E-state index contributed by atoms with van der Waals surface area (Å²) < 4.78 is 42.8. The van der Waals surface area contributed by atoms with Gasteiger partial charge in [0.25, 0.3) is 6.47 Å². The number of carbonyl (C=O) groups excluding carboxylic acids is 1. The van der Waals surface area contributed by atoms with E-state index < -0.39 is 11.7 Å². The van der Waals surface area contributed by atoms with Crippen molar-refractivity contribution in [1.29, 1.82) is 0 Å².